The Morgan fingerprint density at radius 1 is 0.964 bits per heavy atom. The molecule has 0 bridgehead atoms. The third-order valence-electron chi connectivity index (χ3n) is 5.40. The van der Waals surface area contributed by atoms with Gasteiger partial charge in [0, 0.05) is 17.5 Å². The molecule has 0 radical (unpaired) electrons. The molecule has 0 aliphatic carbocycles. The molecule has 3 heteroatoms. The van der Waals surface area contributed by atoms with Crippen LogP contribution in [-0.2, 0) is 10.2 Å². The van der Waals surface area contributed by atoms with Gasteiger partial charge in [0.15, 0.2) is 0 Å². The maximum Gasteiger partial charge on any atom is 0.224 e. The lowest BCUT2D eigenvalue weighted by molar-refractivity contribution is -0.116. The van der Waals surface area contributed by atoms with E-state index in [0.717, 1.165) is 28.6 Å². The van der Waals surface area contributed by atoms with Crippen molar-refractivity contribution in [2.24, 2.45) is 0 Å². The van der Waals surface area contributed by atoms with Crippen molar-refractivity contribution in [1.82, 2.24) is 0 Å². The van der Waals surface area contributed by atoms with Crippen molar-refractivity contribution < 1.29 is 9.53 Å². The van der Waals surface area contributed by atoms with Gasteiger partial charge >= 0.3 is 0 Å². The Morgan fingerprint density at radius 2 is 1.68 bits per heavy atom. The van der Waals surface area contributed by atoms with Crippen LogP contribution in [0.5, 0.6) is 5.75 Å². The molecule has 0 saturated carbocycles. The molecule has 3 aromatic rings. The Bertz CT molecular complexity index is 923. The number of fused-ring (bicyclic) bond motifs is 1. The molecule has 146 valence electrons. The van der Waals surface area contributed by atoms with Crippen molar-refractivity contribution in [3.8, 4) is 5.75 Å². The Morgan fingerprint density at radius 3 is 2.43 bits per heavy atom. The lowest BCUT2D eigenvalue weighted by Gasteiger charge is -2.23. The molecule has 0 aromatic heterocycles. The van der Waals surface area contributed by atoms with Gasteiger partial charge in [0.25, 0.3) is 0 Å². The van der Waals surface area contributed by atoms with E-state index in [1.54, 1.807) is 0 Å². The van der Waals surface area contributed by atoms with Crippen LogP contribution in [0.15, 0.2) is 66.7 Å². The van der Waals surface area contributed by atoms with Gasteiger partial charge in [-0.15, -0.1) is 0 Å². The van der Waals surface area contributed by atoms with Crippen LogP contribution >= 0.6 is 0 Å². The molecule has 3 rings (SSSR count). The van der Waals surface area contributed by atoms with Gasteiger partial charge in [0.2, 0.25) is 5.91 Å². The number of anilines is 1. The first-order valence-electron chi connectivity index (χ1n) is 10.0. The van der Waals surface area contributed by atoms with Crippen LogP contribution in [0, 0.1) is 0 Å². The lowest BCUT2D eigenvalue weighted by atomic mass is 9.82. The summed E-state index contributed by atoms with van der Waals surface area (Å²) in [4.78, 5) is 12.3. The van der Waals surface area contributed by atoms with E-state index in [1.165, 1.54) is 5.56 Å². The van der Waals surface area contributed by atoms with Crippen molar-refractivity contribution in [3.05, 3.63) is 72.3 Å². The van der Waals surface area contributed by atoms with Crippen LogP contribution in [-0.4, -0.2) is 12.5 Å². The fraction of sp³-hybridized carbons (Fsp3) is 0.320. The first kappa shape index (κ1) is 19.9. The predicted octanol–water partition coefficient (Wildman–Crippen LogP) is 6.33. The first-order valence-corrected chi connectivity index (χ1v) is 10.0. The summed E-state index contributed by atoms with van der Waals surface area (Å²) in [5.41, 5.74) is 2.35. The van der Waals surface area contributed by atoms with E-state index < -0.39 is 0 Å². The van der Waals surface area contributed by atoms with Gasteiger partial charge in [-0.3, -0.25) is 4.79 Å². The van der Waals surface area contributed by atoms with E-state index in [0.29, 0.717) is 19.4 Å². The van der Waals surface area contributed by atoms with E-state index in [-0.39, 0.29) is 11.3 Å². The Hall–Kier alpha value is -2.81. The van der Waals surface area contributed by atoms with Crippen molar-refractivity contribution in [2.45, 2.75) is 45.4 Å². The zero-order valence-electron chi connectivity index (χ0n) is 17.0. The van der Waals surface area contributed by atoms with Gasteiger partial charge in [0.1, 0.15) is 5.75 Å². The van der Waals surface area contributed by atoms with Crippen molar-refractivity contribution >= 4 is 22.4 Å². The highest BCUT2D eigenvalue weighted by Gasteiger charge is 2.17. The number of ether oxygens (including phenoxy) is 1. The predicted molar refractivity (Wildman–Crippen MR) is 117 cm³/mol. The number of nitrogens with one attached hydrogen (secondary N) is 1. The average molecular weight is 376 g/mol. The summed E-state index contributed by atoms with van der Waals surface area (Å²) in [6.07, 6.45) is 2.21. The van der Waals surface area contributed by atoms with Crippen molar-refractivity contribution in [1.29, 1.82) is 0 Å². The van der Waals surface area contributed by atoms with Gasteiger partial charge in [-0.2, -0.15) is 0 Å². The molecule has 0 saturated heterocycles. The molecule has 0 spiro atoms. The summed E-state index contributed by atoms with van der Waals surface area (Å²) in [5, 5.41) is 5.20. The van der Waals surface area contributed by atoms with E-state index in [1.807, 2.05) is 54.6 Å². The van der Waals surface area contributed by atoms with Crippen molar-refractivity contribution in [3.63, 3.8) is 0 Å². The van der Waals surface area contributed by atoms with Crippen LogP contribution in [0.2, 0.25) is 0 Å². The van der Waals surface area contributed by atoms with Crippen LogP contribution < -0.4 is 10.1 Å². The van der Waals surface area contributed by atoms with Gasteiger partial charge < -0.3 is 10.1 Å². The van der Waals surface area contributed by atoms with Crippen LogP contribution in [0.1, 0.15) is 45.6 Å². The highest BCUT2D eigenvalue weighted by Crippen LogP contribution is 2.28. The number of benzene rings is 3. The molecule has 28 heavy (non-hydrogen) atoms. The summed E-state index contributed by atoms with van der Waals surface area (Å²) in [6.45, 7) is 7.22. The van der Waals surface area contributed by atoms with Gasteiger partial charge in [0.05, 0.1) is 6.61 Å². The molecule has 3 aromatic carbocycles. The number of carbonyl (C=O) groups is 1. The van der Waals surface area contributed by atoms with Gasteiger partial charge in [-0.25, -0.2) is 0 Å². The molecule has 0 aliphatic rings. The van der Waals surface area contributed by atoms with Gasteiger partial charge in [-0.1, -0.05) is 69.3 Å². The number of amides is 1. The Balaban J connectivity index is 1.47. The molecule has 1 amide bonds. The largest absolute Gasteiger partial charge is 0.494 e. The zero-order chi connectivity index (χ0) is 20.0. The summed E-state index contributed by atoms with van der Waals surface area (Å²) < 4.78 is 5.80. The van der Waals surface area contributed by atoms with E-state index in [2.05, 4.69) is 38.2 Å². The number of carbonyl (C=O) groups excluding carboxylic acids is 1. The summed E-state index contributed by atoms with van der Waals surface area (Å²) in [5.74, 6) is 0.866. The second-order valence-electron chi connectivity index (χ2n) is 7.79. The maximum absolute atomic E-state index is 12.3. The van der Waals surface area contributed by atoms with E-state index in [4.69, 9.17) is 4.74 Å². The third kappa shape index (κ3) is 4.92. The highest BCUT2D eigenvalue weighted by atomic mass is 16.5. The monoisotopic (exact) mass is 375 g/mol. The summed E-state index contributed by atoms with van der Waals surface area (Å²) in [6, 6.07) is 22.3. The minimum absolute atomic E-state index is 0.0139. The first-order chi connectivity index (χ1) is 13.5. The molecule has 0 aliphatic heterocycles. The second-order valence-corrected chi connectivity index (χ2v) is 7.79. The Labute approximate surface area is 167 Å². The molecule has 0 fully saturated rings. The van der Waals surface area contributed by atoms with Gasteiger partial charge in [-0.05, 0) is 47.4 Å². The molecule has 3 nitrogen and oxygen atoms in total. The smallest absolute Gasteiger partial charge is 0.224 e. The lowest BCUT2D eigenvalue weighted by Crippen LogP contribution is -2.15. The number of hydrogen-bond donors (Lipinski definition) is 1. The summed E-state index contributed by atoms with van der Waals surface area (Å²) in [7, 11) is 0. The maximum atomic E-state index is 12.3. The number of rotatable bonds is 8. The average Bonchev–Trinajstić information content (AvgIpc) is 2.72. The molecular formula is C25H29NO2. The standard InChI is InChI=1S/C25H29NO2/c1-4-25(2,3)20-14-16-21(17-15-20)28-18-8-13-24(27)26-23-12-7-10-19-9-5-6-11-22(19)23/h5-7,9-12,14-17H,4,8,13,18H2,1-3H3,(H,26,27). The fourth-order valence-corrected chi connectivity index (χ4v) is 3.18. The number of hydrogen-bond acceptors (Lipinski definition) is 2. The SMILES string of the molecule is CCC(C)(C)c1ccc(OCCCC(=O)Nc2cccc3ccccc23)cc1. The fourth-order valence-electron chi connectivity index (χ4n) is 3.18. The Kier molecular flexibility index (Phi) is 6.35. The molecule has 0 heterocycles. The molecule has 0 unspecified atom stereocenters. The minimum atomic E-state index is 0.0139. The van der Waals surface area contributed by atoms with E-state index >= 15 is 0 Å². The van der Waals surface area contributed by atoms with Crippen LogP contribution in [0.3, 0.4) is 0 Å². The summed E-state index contributed by atoms with van der Waals surface area (Å²) >= 11 is 0. The molecular weight excluding hydrogens is 346 g/mol. The zero-order valence-corrected chi connectivity index (χ0v) is 17.0. The van der Waals surface area contributed by atoms with Crippen LogP contribution in [0.4, 0.5) is 5.69 Å². The normalized spacial score (nSPS) is 11.4. The van der Waals surface area contributed by atoms with Crippen LogP contribution in [0.25, 0.3) is 10.8 Å². The quantitative estimate of drug-likeness (QED) is 0.468. The van der Waals surface area contributed by atoms with Crippen molar-refractivity contribution in [2.75, 3.05) is 11.9 Å². The highest BCUT2D eigenvalue weighted by molar-refractivity contribution is 6.02. The third-order valence-corrected chi connectivity index (χ3v) is 5.40. The topological polar surface area (TPSA) is 38.3 Å². The molecule has 1 N–H and O–H groups in total. The molecule has 0 atom stereocenters. The second kappa shape index (κ2) is 8.92. The van der Waals surface area contributed by atoms with E-state index in [9.17, 15) is 4.79 Å². The minimum Gasteiger partial charge on any atom is -0.494 e.